The fourth-order valence-corrected chi connectivity index (χ4v) is 11.0. The van der Waals surface area contributed by atoms with Gasteiger partial charge >= 0.3 is 18.7 Å². The van der Waals surface area contributed by atoms with Crippen molar-refractivity contribution in [3.05, 3.63) is 166 Å². The summed E-state index contributed by atoms with van der Waals surface area (Å²) >= 11 is 11.8. The van der Waals surface area contributed by atoms with E-state index in [1.165, 1.54) is 52.9 Å². The predicted octanol–water partition coefficient (Wildman–Crippen LogP) is 10.8. The van der Waals surface area contributed by atoms with Gasteiger partial charge in [-0.3, -0.25) is 13.6 Å². The minimum absolute atomic E-state index is 0. The number of aryl methyl sites for hydroxylation is 2. The molecule has 4 fully saturated rings. The van der Waals surface area contributed by atoms with Crippen molar-refractivity contribution in [1.82, 2.24) is 34.1 Å². The Morgan fingerprint density at radius 3 is 1.27 bits per heavy atom. The van der Waals surface area contributed by atoms with Crippen LogP contribution in [0.15, 0.2) is 122 Å². The number of nitrogens with one attached hydrogen (secondary N) is 1. The van der Waals surface area contributed by atoms with Crippen molar-refractivity contribution >= 4 is 69.4 Å². The van der Waals surface area contributed by atoms with Gasteiger partial charge < -0.3 is 45.2 Å². The molecule has 0 atom stereocenters. The lowest BCUT2D eigenvalue weighted by Crippen LogP contribution is -2.72. The average molecular weight is 1180 g/mol. The normalized spacial score (nSPS) is 15.7. The molecule has 82 heavy (non-hydrogen) atoms. The average Bonchev–Trinajstić information content (AvgIpc) is 3.02. The van der Waals surface area contributed by atoms with E-state index in [4.69, 9.17) is 34.0 Å². The van der Waals surface area contributed by atoms with Crippen molar-refractivity contribution < 1.29 is 50.5 Å². The zero-order valence-corrected chi connectivity index (χ0v) is 45.2. The molecule has 25 heteroatoms. The molecule has 4 aliphatic rings. The molecular formula is C57H58Cl2F6N12O5. The smallest absolute Gasteiger partial charge is 0.477 e. The lowest BCUT2D eigenvalue weighted by Gasteiger charge is -2.61. The number of alkyl halides is 6. The third kappa shape index (κ3) is 13.0. The second-order valence-corrected chi connectivity index (χ2v) is 21.3. The molecule has 17 nitrogen and oxygen atoms in total. The Balaban J connectivity index is 0.000000165. The molecule has 432 valence electrons. The Hall–Kier alpha value is -8.02. The number of fused-ring (bicyclic) bond motifs is 2. The van der Waals surface area contributed by atoms with Crippen LogP contribution in [0.2, 0.25) is 10.0 Å². The second kappa shape index (κ2) is 23.5. The van der Waals surface area contributed by atoms with E-state index in [1.54, 1.807) is 34.9 Å². The number of anilines is 4. The number of aromatic nitrogens is 6. The number of carbonyl (C=O) groups excluding carboxylic acids is 1. The van der Waals surface area contributed by atoms with Gasteiger partial charge in [0, 0.05) is 111 Å². The van der Waals surface area contributed by atoms with Crippen molar-refractivity contribution in [2.45, 2.75) is 59.9 Å². The molecular weight excluding hydrogens is 1120 g/mol. The van der Waals surface area contributed by atoms with E-state index < -0.39 is 18.7 Å². The Bertz CT molecular complexity index is 3540. The van der Waals surface area contributed by atoms with Gasteiger partial charge in [-0.05, 0) is 96.8 Å². The molecule has 12 rings (SSSR count). The number of rotatable bonds is 13. The van der Waals surface area contributed by atoms with E-state index in [1.807, 2.05) is 26.0 Å². The molecule has 0 saturated carbocycles. The van der Waals surface area contributed by atoms with Gasteiger partial charge in [-0.25, -0.2) is 24.7 Å². The summed E-state index contributed by atoms with van der Waals surface area (Å²) in [5.74, 6) is -0.873. The van der Waals surface area contributed by atoms with Crippen LogP contribution in [0.3, 0.4) is 0 Å². The van der Waals surface area contributed by atoms with Gasteiger partial charge in [-0.2, -0.15) is 0 Å². The largest absolute Gasteiger partial charge is 0.573 e. The number of hydrogen-bond donors (Lipinski definition) is 3. The number of amides is 1. The topological polar surface area (TPSA) is 184 Å². The van der Waals surface area contributed by atoms with Crippen molar-refractivity contribution in [3.63, 3.8) is 0 Å². The van der Waals surface area contributed by atoms with Gasteiger partial charge in [0.25, 0.3) is 5.91 Å². The number of nitrogens with zero attached hydrogens (tertiary/aromatic N) is 10. The van der Waals surface area contributed by atoms with Crippen molar-refractivity contribution in [3.8, 4) is 11.5 Å². The first-order valence-electron chi connectivity index (χ1n) is 25.8. The lowest BCUT2D eigenvalue weighted by molar-refractivity contribution is -0.275. The van der Waals surface area contributed by atoms with Crippen molar-refractivity contribution in [2.75, 3.05) is 72.0 Å². The van der Waals surface area contributed by atoms with Crippen LogP contribution in [0, 0.1) is 10.8 Å². The van der Waals surface area contributed by atoms with E-state index in [-0.39, 0.29) is 41.4 Å². The standard InChI is InChI=1S/C28H26ClF3N6O2.C19H20F3N3O.C9H8ClN3O2.CH4/c1-2-23-24(38-13-19(29)12-34-26(38)35-23)25(39)33-11-18-3-5-20(6-4-18)36-14-27(15-36)16-37(17-27)21-7-9-22(10-8-21)40-28(30,31)32;20-19(21,22)26-17-7-5-16(6-8-17)25-12-18(13-25)10-24(11-18)15-3-1-14(9-23)2-4-15;1-2-6-7(8(14)15)13-4-5(10)3-11-9(13)12-6;/h3-10,12-13H,2,11,14-17H2,1H3,(H,33,39);1-8H,9-13,23H2;3-4H,2H2,1H3,(H,14,15);1H4. The first kappa shape index (κ1) is 58.6. The number of ether oxygens (including phenoxy) is 2. The van der Waals surface area contributed by atoms with Gasteiger partial charge in [0.2, 0.25) is 11.6 Å². The number of carboxylic acid groups (broad SMARTS) is 1. The summed E-state index contributed by atoms with van der Waals surface area (Å²) in [5.41, 5.74) is 14.1. The molecule has 4 aromatic carbocycles. The Labute approximate surface area is 477 Å². The summed E-state index contributed by atoms with van der Waals surface area (Å²) in [6.07, 6.45) is -2.12. The maximum absolute atomic E-state index is 13.0. The number of benzene rings is 4. The highest BCUT2D eigenvalue weighted by Gasteiger charge is 2.53. The maximum atomic E-state index is 13.0. The lowest BCUT2D eigenvalue weighted by atomic mass is 9.72. The molecule has 8 aromatic rings. The first-order chi connectivity index (χ1) is 38.6. The number of hydrogen-bond acceptors (Lipinski definition) is 13. The molecule has 0 bridgehead atoms. The molecule has 4 N–H and O–H groups in total. The monoisotopic (exact) mass is 1170 g/mol. The Morgan fingerprint density at radius 2 is 0.927 bits per heavy atom. The van der Waals surface area contributed by atoms with Gasteiger partial charge in [-0.1, -0.05) is 68.7 Å². The quantitative estimate of drug-likeness (QED) is 0.0927. The molecule has 0 aliphatic carbocycles. The first-order valence-corrected chi connectivity index (χ1v) is 26.5. The number of halogens is 8. The highest BCUT2D eigenvalue weighted by molar-refractivity contribution is 6.30. The number of carboxylic acids is 1. The molecule has 8 heterocycles. The van der Waals surface area contributed by atoms with Gasteiger partial charge in [0.05, 0.1) is 33.8 Å². The summed E-state index contributed by atoms with van der Waals surface area (Å²) in [4.78, 5) is 49.8. The summed E-state index contributed by atoms with van der Waals surface area (Å²) < 4.78 is 84.6. The number of nitrogens with two attached hydrogens (primary N) is 1. The third-order valence-electron chi connectivity index (χ3n) is 14.5. The van der Waals surface area contributed by atoms with E-state index in [0.29, 0.717) is 64.6 Å². The zero-order valence-electron chi connectivity index (χ0n) is 43.7. The van der Waals surface area contributed by atoms with Crippen LogP contribution in [-0.4, -0.2) is 111 Å². The molecule has 0 unspecified atom stereocenters. The molecule has 4 aromatic heterocycles. The van der Waals surface area contributed by atoms with Gasteiger partial charge in [0.15, 0.2) is 5.69 Å². The fraction of sp³-hybridized carbons (Fsp3) is 0.333. The number of imidazole rings is 2. The van der Waals surface area contributed by atoms with Gasteiger partial charge in [-0.15, -0.1) is 26.3 Å². The number of carbonyl (C=O) groups is 2. The van der Waals surface area contributed by atoms with Crippen LogP contribution < -0.4 is 40.1 Å². The van der Waals surface area contributed by atoms with E-state index in [0.717, 1.165) is 80.5 Å². The molecule has 1 amide bonds. The minimum Gasteiger partial charge on any atom is -0.477 e. The van der Waals surface area contributed by atoms with Crippen LogP contribution >= 0.6 is 23.2 Å². The van der Waals surface area contributed by atoms with Crippen LogP contribution in [0.4, 0.5) is 49.1 Å². The molecule has 2 spiro atoms. The molecule has 0 radical (unpaired) electrons. The van der Waals surface area contributed by atoms with E-state index >= 15 is 0 Å². The van der Waals surface area contributed by atoms with E-state index in [2.05, 4.69) is 90.7 Å². The van der Waals surface area contributed by atoms with Crippen LogP contribution in [0.5, 0.6) is 11.5 Å². The third-order valence-corrected chi connectivity index (χ3v) is 14.9. The molecule has 4 saturated heterocycles. The number of aromatic carboxylic acids is 1. The van der Waals surface area contributed by atoms with Crippen LogP contribution in [0.1, 0.15) is 64.8 Å². The summed E-state index contributed by atoms with van der Waals surface area (Å²) in [5, 5.41) is 12.8. The van der Waals surface area contributed by atoms with Gasteiger partial charge in [0.1, 0.15) is 17.2 Å². The van der Waals surface area contributed by atoms with Crippen LogP contribution in [0.25, 0.3) is 11.6 Å². The Kier molecular flexibility index (Phi) is 16.8. The zero-order chi connectivity index (χ0) is 57.4. The second-order valence-electron chi connectivity index (χ2n) is 20.4. The maximum Gasteiger partial charge on any atom is 0.573 e. The summed E-state index contributed by atoms with van der Waals surface area (Å²) in [7, 11) is 0. The fourth-order valence-electron chi connectivity index (χ4n) is 10.7. The summed E-state index contributed by atoms with van der Waals surface area (Å²) in [6.45, 7) is 12.1. The highest BCUT2D eigenvalue weighted by Crippen LogP contribution is 2.45. The SMILES string of the molecule is C.CCc1nc2ncc(Cl)cn2c1C(=O)NCc1ccc(N2CC3(C2)CN(c2ccc(OC(F)(F)F)cc2)C3)cc1.CCc1nc2ncc(Cl)cn2c1C(=O)O.NCc1ccc(N2CC3(C2)CN(c2ccc(OC(F)(F)F)cc2)C3)cc1. The van der Waals surface area contributed by atoms with E-state index in [9.17, 15) is 35.9 Å². The highest BCUT2D eigenvalue weighted by atomic mass is 35.5. The van der Waals surface area contributed by atoms with Crippen molar-refractivity contribution in [2.24, 2.45) is 16.6 Å². The van der Waals surface area contributed by atoms with Crippen LogP contribution in [-0.2, 0) is 25.9 Å². The summed E-state index contributed by atoms with van der Waals surface area (Å²) in [6, 6.07) is 28.5. The Morgan fingerprint density at radius 1 is 0.585 bits per heavy atom. The minimum atomic E-state index is -4.69. The molecule has 4 aliphatic heterocycles. The predicted molar refractivity (Wildman–Crippen MR) is 300 cm³/mol. The van der Waals surface area contributed by atoms with Crippen molar-refractivity contribution in [1.29, 1.82) is 0 Å².